The SMILES string of the molecule is COc1cc(F)ccc1-c1cccc2c(N)c3c(O)n(C4=CC=C4)cc3nc12. The van der Waals surface area contributed by atoms with E-state index in [9.17, 15) is 9.50 Å². The van der Waals surface area contributed by atoms with E-state index in [-0.39, 0.29) is 11.7 Å². The van der Waals surface area contributed by atoms with Crippen molar-refractivity contribution in [1.29, 1.82) is 0 Å². The summed E-state index contributed by atoms with van der Waals surface area (Å²) in [6, 6.07) is 10.00. The number of nitrogens with zero attached hydrogens (tertiary/aromatic N) is 2. The first kappa shape index (κ1) is 16.4. The maximum Gasteiger partial charge on any atom is 0.207 e. The average Bonchev–Trinajstić information content (AvgIpc) is 2.96. The number of benzene rings is 2. The average molecular weight is 373 g/mol. The number of hydrogen-bond donors (Lipinski definition) is 2. The molecule has 5 rings (SSSR count). The summed E-state index contributed by atoms with van der Waals surface area (Å²) in [5, 5.41) is 11.9. The predicted octanol–water partition coefficient (Wildman–Crippen LogP) is 4.70. The molecule has 6 heteroatoms. The highest BCUT2D eigenvalue weighted by atomic mass is 19.1. The molecule has 1 aliphatic carbocycles. The molecule has 0 atom stereocenters. The third-order valence-corrected chi connectivity index (χ3v) is 5.05. The highest BCUT2D eigenvalue weighted by molar-refractivity contribution is 6.12. The molecule has 0 spiro atoms. The summed E-state index contributed by atoms with van der Waals surface area (Å²) in [5.74, 6) is 0.0972. The minimum atomic E-state index is -0.375. The van der Waals surface area contributed by atoms with E-state index in [1.807, 2.05) is 36.4 Å². The van der Waals surface area contributed by atoms with Gasteiger partial charge in [0.25, 0.3) is 0 Å². The number of aromatic nitrogens is 2. The van der Waals surface area contributed by atoms with Gasteiger partial charge in [0.1, 0.15) is 11.6 Å². The van der Waals surface area contributed by atoms with Gasteiger partial charge < -0.3 is 15.6 Å². The molecule has 2 aromatic carbocycles. The van der Waals surface area contributed by atoms with Crippen molar-refractivity contribution < 1.29 is 14.2 Å². The van der Waals surface area contributed by atoms with Gasteiger partial charge in [0.05, 0.1) is 29.2 Å². The summed E-state index contributed by atoms with van der Waals surface area (Å²) in [6.07, 6.45) is 7.44. The first-order valence-corrected chi connectivity index (χ1v) is 8.73. The van der Waals surface area contributed by atoms with Crippen molar-refractivity contribution in [2.75, 3.05) is 12.8 Å². The van der Waals surface area contributed by atoms with Crippen LogP contribution in [0.25, 0.3) is 38.6 Å². The van der Waals surface area contributed by atoms with Crippen molar-refractivity contribution in [3.8, 4) is 22.8 Å². The van der Waals surface area contributed by atoms with Gasteiger partial charge in [-0.3, -0.25) is 4.57 Å². The van der Waals surface area contributed by atoms with Crippen LogP contribution in [0, 0.1) is 5.82 Å². The number of aromatic hydroxyl groups is 1. The molecule has 0 saturated heterocycles. The largest absolute Gasteiger partial charge is 0.496 e. The summed E-state index contributed by atoms with van der Waals surface area (Å²) in [7, 11) is 1.50. The van der Waals surface area contributed by atoms with Crippen LogP contribution in [0.5, 0.6) is 11.6 Å². The smallest absolute Gasteiger partial charge is 0.207 e. The Labute approximate surface area is 159 Å². The van der Waals surface area contributed by atoms with Crippen LogP contribution in [0.15, 0.2) is 60.8 Å². The summed E-state index contributed by atoms with van der Waals surface area (Å²) in [5.41, 5.74) is 10.5. The van der Waals surface area contributed by atoms with Gasteiger partial charge in [-0.05, 0) is 24.3 Å². The van der Waals surface area contributed by atoms with Gasteiger partial charge in [-0.1, -0.05) is 24.3 Å². The number of para-hydroxylation sites is 1. The number of hydrogen-bond acceptors (Lipinski definition) is 4. The fourth-order valence-electron chi connectivity index (χ4n) is 3.61. The fraction of sp³-hybridized carbons (Fsp3) is 0.0455. The number of allylic oxidation sites excluding steroid dienone is 4. The van der Waals surface area contributed by atoms with Crippen LogP contribution in [0.1, 0.15) is 0 Å². The molecule has 0 radical (unpaired) electrons. The first-order chi connectivity index (χ1) is 13.6. The Morgan fingerprint density at radius 3 is 2.71 bits per heavy atom. The van der Waals surface area contributed by atoms with Gasteiger partial charge in [0.15, 0.2) is 0 Å². The third kappa shape index (κ3) is 2.21. The van der Waals surface area contributed by atoms with Crippen molar-refractivity contribution in [3.05, 3.63) is 66.6 Å². The topological polar surface area (TPSA) is 73.3 Å². The lowest BCUT2D eigenvalue weighted by Gasteiger charge is -2.12. The van der Waals surface area contributed by atoms with E-state index in [0.29, 0.717) is 38.8 Å². The number of nitrogen functional groups attached to an aromatic ring is 1. The van der Waals surface area contributed by atoms with Gasteiger partial charge in [-0.15, -0.1) is 0 Å². The van der Waals surface area contributed by atoms with Crippen LogP contribution < -0.4 is 10.5 Å². The Morgan fingerprint density at radius 1 is 1.18 bits per heavy atom. The van der Waals surface area contributed by atoms with Gasteiger partial charge >= 0.3 is 0 Å². The lowest BCUT2D eigenvalue weighted by atomic mass is 9.99. The highest BCUT2D eigenvalue weighted by Crippen LogP contribution is 2.42. The monoisotopic (exact) mass is 373 g/mol. The summed E-state index contributed by atoms with van der Waals surface area (Å²) in [6.45, 7) is 0. The number of methoxy groups -OCH3 is 1. The van der Waals surface area contributed by atoms with E-state index in [2.05, 4.69) is 0 Å². The number of nitrogens with two attached hydrogens (primary N) is 1. The minimum Gasteiger partial charge on any atom is -0.496 e. The third-order valence-electron chi connectivity index (χ3n) is 5.05. The predicted molar refractivity (Wildman–Crippen MR) is 109 cm³/mol. The second-order valence-corrected chi connectivity index (χ2v) is 6.61. The van der Waals surface area contributed by atoms with Crippen molar-refractivity contribution in [2.24, 2.45) is 0 Å². The molecule has 0 aliphatic heterocycles. The molecule has 1 aliphatic rings. The van der Waals surface area contributed by atoms with E-state index in [4.69, 9.17) is 15.5 Å². The molecule has 5 nitrogen and oxygen atoms in total. The summed E-state index contributed by atoms with van der Waals surface area (Å²) in [4.78, 5) is 4.77. The first-order valence-electron chi connectivity index (χ1n) is 8.73. The molecule has 0 unspecified atom stereocenters. The number of ether oxygens (including phenoxy) is 1. The van der Waals surface area contributed by atoms with Crippen molar-refractivity contribution in [1.82, 2.24) is 9.55 Å². The molecule has 0 bridgehead atoms. The molecule has 2 aromatic heterocycles. The Hall–Kier alpha value is -3.80. The zero-order valence-corrected chi connectivity index (χ0v) is 15.0. The van der Waals surface area contributed by atoms with E-state index in [1.165, 1.54) is 19.2 Å². The molecule has 0 saturated carbocycles. The summed E-state index contributed by atoms with van der Waals surface area (Å²) < 4.78 is 20.7. The maximum absolute atomic E-state index is 13.6. The molecule has 0 amide bonds. The maximum atomic E-state index is 13.6. The van der Waals surface area contributed by atoms with Crippen LogP contribution >= 0.6 is 0 Å². The van der Waals surface area contributed by atoms with E-state index >= 15 is 0 Å². The van der Waals surface area contributed by atoms with E-state index in [1.54, 1.807) is 16.8 Å². The number of anilines is 1. The van der Waals surface area contributed by atoms with E-state index in [0.717, 1.165) is 11.3 Å². The lowest BCUT2D eigenvalue weighted by molar-refractivity contribution is 0.413. The molecular weight excluding hydrogens is 357 g/mol. The highest BCUT2D eigenvalue weighted by Gasteiger charge is 2.20. The van der Waals surface area contributed by atoms with Crippen LogP contribution in [-0.2, 0) is 0 Å². The molecule has 2 heterocycles. The second kappa shape index (κ2) is 5.85. The lowest BCUT2D eigenvalue weighted by Crippen LogP contribution is -1.95. The number of halogens is 1. The minimum absolute atomic E-state index is 0.0577. The van der Waals surface area contributed by atoms with E-state index < -0.39 is 0 Å². The Kier molecular flexibility index (Phi) is 3.42. The van der Waals surface area contributed by atoms with Crippen molar-refractivity contribution in [3.63, 3.8) is 0 Å². The molecule has 3 N–H and O–H groups in total. The molecule has 4 aromatic rings. The molecular formula is C22H16FN3O2. The summed E-state index contributed by atoms with van der Waals surface area (Å²) >= 11 is 0. The number of rotatable bonds is 3. The van der Waals surface area contributed by atoms with Crippen molar-refractivity contribution >= 4 is 33.2 Å². The van der Waals surface area contributed by atoms with Crippen molar-refractivity contribution in [2.45, 2.75) is 0 Å². The second-order valence-electron chi connectivity index (χ2n) is 6.61. The van der Waals surface area contributed by atoms with Crippen LogP contribution in [0.2, 0.25) is 0 Å². The Morgan fingerprint density at radius 2 is 2.00 bits per heavy atom. The standard InChI is InChI=1S/C22H16FN3O2/c1-28-18-10-12(23)8-9-14(18)15-6-3-7-16-20(24)19-17(25-21(15)16)11-26(22(19)27)13-4-2-5-13/h2-11,27H,24H2,1H3. The Balaban J connectivity index is 1.83. The quantitative estimate of drug-likeness (QED) is 0.546. The van der Waals surface area contributed by atoms with Gasteiger partial charge in [0.2, 0.25) is 5.88 Å². The normalized spacial score (nSPS) is 13.0. The van der Waals surface area contributed by atoms with Crippen LogP contribution in [0.4, 0.5) is 10.1 Å². The zero-order chi connectivity index (χ0) is 19.4. The van der Waals surface area contributed by atoms with Gasteiger partial charge in [0, 0.05) is 34.5 Å². The van der Waals surface area contributed by atoms with Crippen LogP contribution in [-0.4, -0.2) is 21.8 Å². The van der Waals surface area contributed by atoms with Gasteiger partial charge in [-0.2, -0.15) is 0 Å². The molecule has 28 heavy (non-hydrogen) atoms. The zero-order valence-electron chi connectivity index (χ0n) is 15.0. The number of pyridine rings is 1. The van der Waals surface area contributed by atoms with Gasteiger partial charge in [-0.25, -0.2) is 9.37 Å². The fourth-order valence-corrected chi connectivity index (χ4v) is 3.61. The number of fused-ring (bicyclic) bond motifs is 2. The Bertz CT molecular complexity index is 1340. The molecule has 138 valence electrons. The molecule has 0 fully saturated rings. The van der Waals surface area contributed by atoms with Crippen LogP contribution in [0.3, 0.4) is 0 Å².